The second-order valence-corrected chi connectivity index (χ2v) is 6.80. The van der Waals surface area contributed by atoms with Crippen LogP contribution in [0.4, 0.5) is 0 Å². The third kappa shape index (κ3) is 4.21. The van der Waals surface area contributed by atoms with Crippen molar-refractivity contribution in [3.05, 3.63) is 31.8 Å². The minimum absolute atomic E-state index is 0.0739. The van der Waals surface area contributed by atoms with Gasteiger partial charge >= 0.3 is 0 Å². The van der Waals surface area contributed by atoms with E-state index in [1.807, 2.05) is 36.9 Å². The number of hydrogen-bond acceptors (Lipinski definition) is 1. The molecule has 0 aromatic heterocycles. The fourth-order valence-corrected chi connectivity index (χ4v) is 2.79. The second kappa shape index (κ2) is 7.09. The summed E-state index contributed by atoms with van der Waals surface area (Å²) in [6, 6.07) is 6.01. The van der Waals surface area contributed by atoms with Crippen molar-refractivity contribution in [1.29, 1.82) is 0 Å². The fourth-order valence-electron chi connectivity index (χ4n) is 1.50. The first-order chi connectivity index (χ1) is 7.97. The highest BCUT2D eigenvalue weighted by Gasteiger charge is 2.20. The summed E-state index contributed by atoms with van der Waals surface area (Å²) in [5.74, 6) is 0.0739. The standard InChI is InChI=1S/C12H14Br2INO/c1-8(2)16(6-5-13)12(17)10-7-9(15)3-4-11(10)14/h3-4,7-8H,5-6H2,1-2H3. The molecule has 5 heteroatoms. The molecule has 0 N–H and O–H groups in total. The van der Waals surface area contributed by atoms with Crippen LogP contribution in [0.5, 0.6) is 0 Å². The first-order valence-corrected chi connectivity index (χ1v) is 8.28. The SMILES string of the molecule is CC(C)N(CCBr)C(=O)c1cc(I)ccc1Br. The molecule has 0 saturated carbocycles. The predicted octanol–water partition coefficient (Wildman–Crippen LogP) is 4.30. The van der Waals surface area contributed by atoms with Crippen molar-refractivity contribution in [3.8, 4) is 0 Å². The molecular weight excluding hydrogens is 461 g/mol. The van der Waals surface area contributed by atoms with Crippen molar-refractivity contribution in [2.24, 2.45) is 0 Å². The van der Waals surface area contributed by atoms with Crippen LogP contribution in [0.25, 0.3) is 0 Å². The molecule has 17 heavy (non-hydrogen) atoms. The first kappa shape index (κ1) is 15.4. The van der Waals surface area contributed by atoms with E-state index in [9.17, 15) is 4.79 Å². The maximum atomic E-state index is 12.4. The largest absolute Gasteiger partial charge is 0.335 e. The van der Waals surface area contributed by atoms with Crippen LogP contribution in [-0.4, -0.2) is 28.7 Å². The highest BCUT2D eigenvalue weighted by Crippen LogP contribution is 2.22. The van der Waals surface area contributed by atoms with E-state index in [-0.39, 0.29) is 11.9 Å². The third-order valence-electron chi connectivity index (χ3n) is 2.37. The zero-order chi connectivity index (χ0) is 13.0. The van der Waals surface area contributed by atoms with E-state index >= 15 is 0 Å². The number of carbonyl (C=O) groups excluding carboxylic acids is 1. The smallest absolute Gasteiger partial charge is 0.255 e. The lowest BCUT2D eigenvalue weighted by Crippen LogP contribution is -2.38. The Morgan fingerprint density at radius 3 is 2.65 bits per heavy atom. The Kier molecular flexibility index (Phi) is 6.44. The predicted molar refractivity (Wildman–Crippen MR) is 86.8 cm³/mol. The first-order valence-electron chi connectivity index (χ1n) is 5.29. The van der Waals surface area contributed by atoms with Gasteiger partial charge in [0.1, 0.15) is 0 Å². The quantitative estimate of drug-likeness (QED) is 0.470. The number of amides is 1. The van der Waals surface area contributed by atoms with Crippen LogP contribution in [-0.2, 0) is 0 Å². The van der Waals surface area contributed by atoms with Crippen molar-refractivity contribution in [2.75, 3.05) is 11.9 Å². The van der Waals surface area contributed by atoms with Gasteiger partial charge < -0.3 is 4.90 Å². The Hall–Kier alpha value is 0.380. The zero-order valence-electron chi connectivity index (χ0n) is 9.71. The number of benzene rings is 1. The Morgan fingerprint density at radius 1 is 1.47 bits per heavy atom. The van der Waals surface area contributed by atoms with Crippen LogP contribution < -0.4 is 0 Å². The van der Waals surface area contributed by atoms with Gasteiger partial charge in [0.05, 0.1) is 5.56 Å². The summed E-state index contributed by atoms with van der Waals surface area (Å²) in [5.41, 5.74) is 0.728. The number of nitrogens with zero attached hydrogens (tertiary/aromatic N) is 1. The molecule has 1 amide bonds. The molecule has 0 aliphatic heterocycles. The molecule has 0 saturated heterocycles. The minimum Gasteiger partial charge on any atom is -0.335 e. The number of alkyl halides is 1. The van der Waals surface area contributed by atoms with Gasteiger partial charge in [0.25, 0.3) is 5.91 Å². The van der Waals surface area contributed by atoms with Crippen molar-refractivity contribution in [2.45, 2.75) is 19.9 Å². The zero-order valence-corrected chi connectivity index (χ0v) is 15.0. The molecular formula is C12H14Br2INO. The molecule has 2 nitrogen and oxygen atoms in total. The van der Waals surface area contributed by atoms with Crippen LogP contribution in [0.3, 0.4) is 0 Å². The normalized spacial score (nSPS) is 10.7. The maximum Gasteiger partial charge on any atom is 0.255 e. The number of hydrogen-bond donors (Lipinski definition) is 0. The Bertz CT molecular complexity index is 409. The van der Waals surface area contributed by atoms with Crippen LogP contribution >= 0.6 is 54.5 Å². The lowest BCUT2D eigenvalue weighted by molar-refractivity contribution is 0.0718. The van der Waals surface area contributed by atoms with E-state index in [2.05, 4.69) is 54.5 Å². The van der Waals surface area contributed by atoms with Gasteiger partial charge in [0.2, 0.25) is 0 Å². The summed E-state index contributed by atoms with van der Waals surface area (Å²) >= 11 is 9.04. The average Bonchev–Trinajstić information content (AvgIpc) is 2.28. The molecule has 0 aliphatic rings. The summed E-state index contributed by atoms with van der Waals surface area (Å²) in [4.78, 5) is 14.3. The lowest BCUT2D eigenvalue weighted by Gasteiger charge is -2.26. The van der Waals surface area contributed by atoms with Crippen LogP contribution in [0, 0.1) is 3.57 Å². The van der Waals surface area contributed by atoms with E-state index in [4.69, 9.17) is 0 Å². The van der Waals surface area contributed by atoms with Gasteiger partial charge in [-0.25, -0.2) is 0 Å². The van der Waals surface area contributed by atoms with Crippen LogP contribution in [0.15, 0.2) is 22.7 Å². The number of carbonyl (C=O) groups is 1. The van der Waals surface area contributed by atoms with Crippen molar-refractivity contribution in [3.63, 3.8) is 0 Å². The molecule has 1 aromatic carbocycles. The Morgan fingerprint density at radius 2 is 2.12 bits per heavy atom. The summed E-state index contributed by atoms with van der Waals surface area (Å²) < 4.78 is 1.92. The molecule has 1 aromatic rings. The van der Waals surface area contributed by atoms with E-state index < -0.39 is 0 Å². The van der Waals surface area contributed by atoms with E-state index in [1.165, 1.54) is 0 Å². The monoisotopic (exact) mass is 473 g/mol. The molecule has 0 atom stereocenters. The van der Waals surface area contributed by atoms with Gasteiger partial charge in [-0.05, 0) is 70.6 Å². The van der Waals surface area contributed by atoms with Gasteiger partial charge in [-0.1, -0.05) is 15.9 Å². The van der Waals surface area contributed by atoms with Gasteiger partial charge in [-0.3, -0.25) is 4.79 Å². The molecule has 0 heterocycles. The maximum absolute atomic E-state index is 12.4. The molecule has 0 aliphatic carbocycles. The van der Waals surface area contributed by atoms with Gasteiger partial charge in [0, 0.05) is 26.0 Å². The van der Waals surface area contributed by atoms with Crippen molar-refractivity contribution < 1.29 is 4.79 Å². The average molecular weight is 475 g/mol. The summed E-state index contributed by atoms with van der Waals surface area (Å²) in [7, 11) is 0. The van der Waals surface area contributed by atoms with Gasteiger partial charge in [0.15, 0.2) is 0 Å². The van der Waals surface area contributed by atoms with Crippen LogP contribution in [0.1, 0.15) is 24.2 Å². The highest BCUT2D eigenvalue weighted by molar-refractivity contribution is 14.1. The Labute approximate surface area is 133 Å². The fraction of sp³-hybridized carbons (Fsp3) is 0.417. The van der Waals surface area contributed by atoms with Crippen LogP contribution in [0.2, 0.25) is 0 Å². The molecule has 0 radical (unpaired) electrons. The van der Waals surface area contributed by atoms with Crippen molar-refractivity contribution >= 4 is 60.4 Å². The van der Waals surface area contributed by atoms with E-state index in [0.717, 1.165) is 18.9 Å². The summed E-state index contributed by atoms with van der Waals surface area (Å²) in [5, 5.41) is 0.790. The number of halogens is 3. The van der Waals surface area contributed by atoms with Crippen molar-refractivity contribution in [1.82, 2.24) is 4.90 Å². The topological polar surface area (TPSA) is 20.3 Å². The molecule has 0 spiro atoms. The summed E-state index contributed by atoms with van der Waals surface area (Å²) in [6.07, 6.45) is 0. The third-order valence-corrected chi connectivity index (χ3v) is 4.09. The molecule has 1 rings (SSSR count). The molecule has 0 bridgehead atoms. The second-order valence-electron chi connectivity index (χ2n) is 3.91. The van der Waals surface area contributed by atoms with E-state index in [1.54, 1.807) is 0 Å². The molecule has 0 fully saturated rings. The number of rotatable bonds is 4. The van der Waals surface area contributed by atoms with Gasteiger partial charge in [-0.15, -0.1) is 0 Å². The minimum atomic E-state index is 0.0739. The molecule has 94 valence electrons. The lowest BCUT2D eigenvalue weighted by atomic mass is 10.2. The van der Waals surface area contributed by atoms with E-state index in [0.29, 0.717) is 6.54 Å². The molecule has 0 unspecified atom stereocenters. The Balaban J connectivity index is 3.04. The van der Waals surface area contributed by atoms with Gasteiger partial charge in [-0.2, -0.15) is 0 Å². The highest BCUT2D eigenvalue weighted by atomic mass is 127. The summed E-state index contributed by atoms with van der Waals surface area (Å²) in [6.45, 7) is 4.78.